The van der Waals surface area contributed by atoms with Gasteiger partial charge in [0, 0.05) is 6.61 Å². The average molecular weight is 255 g/mol. The van der Waals surface area contributed by atoms with Crippen LogP contribution in [0.25, 0.3) is 0 Å². The standard InChI is InChI=1S/C12H17NO3S/c1-2-16-12(6-4-3-5-7-12)11-13-8-9(17-11)10(14)15/h8H,2-7H2,1H3,(H,14,15). The van der Waals surface area contributed by atoms with Crippen LogP contribution in [0.1, 0.15) is 53.7 Å². The van der Waals surface area contributed by atoms with Gasteiger partial charge in [0.1, 0.15) is 15.5 Å². The van der Waals surface area contributed by atoms with Crippen LogP contribution < -0.4 is 0 Å². The van der Waals surface area contributed by atoms with Crippen molar-refractivity contribution in [2.75, 3.05) is 6.61 Å². The van der Waals surface area contributed by atoms with Gasteiger partial charge in [-0.2, -0.15) is 0 Å². The van der Waals surface area contributed by atoms with Gasteiger partial charge in [0.15, 0.2) is 0 Å². The van der Waals surface area contributed by atoms with Crippen LogP contribution in [0.2, 0.25) is 0 Å². The first kappa shape index (κ1) is 12.5. The van der Waals surface area contributed by atoms with Gasteiger partial charge in [-0.05, 0) is 19.8 Å². The summed E-state index contributed by atoms with van der Waals surface area (Å²) in [7, 11) is 0. The Morgan fingerprint density at radius 2 is 2.24 bits per heavy atom. The number of carboxylic acids is 1. The number of aromatic carboxylic acids is 1. The summed E-state index contributed by atoms with van der Waals surface area (Å²) >= 11 is 1.25. The Kier molecular flexibility index (Phi) is 3.79. The molecule has 2 rings (SSSR count). The molecule has 5 heteroatoms. The molecule has 0 spiro atoms. The zero-order chi connectivity index (χ0) is 12.3. The van der Waals surface area contributed by atoms with Crippen molar-refractivity contribution in [3.8, 4) is 0 Å². The van der Waals surface area contributed by atoms with E-state index in [4.69, 9.17) is 9.84 Å². The molecule has 0 bridgehead atoms. The number of thiazole rings is 1. The van der Waals surface area contributed by atoms with Gasteiger partial charge >= 0.3 is 5.97 Å². The lowest BCUT2D eigenvalue weighted by Gasteiger charge is -2.35. The van der Waals surface area contributed by atoms with Crippen LogP contribution in [0, 0.1) is 0 Å². The molecule has 1 aromatic heterocycles. The van der Waals surface area contributed by atoms with E-state index in [0.717, 1.165) is 30.7 Å². The van der Waals surface area contributed by atoms with Crippen molar-refractivity contribution in [2.24, 2.45) is 0 Å². The van der Waals surface area contributed by atoms with Gasteiger partial charge < -0.3 is 9.84 Å². The van der Waals surface area contributed by atoms with Gasteiger partial charge in [-0.3, -0.25) is 0 Å². The molecule has 4 nitrogen and oxygen atoms in total. The molecular weight excluding hydrogens is 238 g/mol. The SMILES string of the molecule is CCOC1(c2ncc(C(=O)O)s2)CCCCC1. The number of carboxylic acid groups (broad SMARTS) is 1. The van der Waals surface area contributed by atoms with E-state index in [1.54, 1.807) is 0 Å². The van der Waals surface area contributed by atoms with Crippen molar-refractivity contribution in [2.45, 2.75) is 44.6 Å². The third-order valence-corrected chi connectivity index (χ3v) is 4.36. The van der Waals surface area contributed by atoms with E-state index in [2.05, 4.69) is 4.98 Å². The lowest BCUT2D eigenvalue weighted by molar-refractivity contribution is -0.0704. The second-order valence-corrected chi connectivity index (χ2v) is 5.35. The Hall–Kier alpha value is -0.940. The molecule has 1 aliphatic carbocycles. The summed E-state index contributed by atoms with van der Waals surface area (Å²) in [5.41, 5.74) is -0.328. The molecule has 0 aromatic carbocycles. The fourth-order valence-corrected chi connectivity index (χ4v) is 3.36. The van der Waals surface area contributed by atoms with Crippen LogP contribution in [0.15, 0.2) is 6.20 Å². The van der Waals surface area contributed by atoms with E-state index < -0.39 is 5.97 Å². The maximum Gasteiger partial charge on any atom is 0.347 e. The summed E-state index contributed by atoms with van der Waals surface area (Å²) < 4.78 is 5.90. The highest BCUT2D eigenvalue weighted by Gasteiger charge is 2.37. The molecule has 1 aromatic rings. The first-order valence-electron chi connectivity index (χ1n) is 6.01. The molecular formula is C12H17NO3S. The molecule has 1 saturated carbocycles. The van der Waals surface area contributed by atoms with Crippen molar-refractivity contribution in [3.05, 3.63) is 16.1 Å². The van der Waals surface area contributed by atoms with Crippen molar-refractivity contribution < 1.29 is 14.6 Å². The maximum absolute atomic E-state index is 10.9. The number of ether oxygens (including phenoxy) is 1. The normalized spacial score (nSPS) is 19.1. The fourth-order valence-electron chi connectivity index (χ4n) is 2.40. The van der Waals surface area contributed by atoms with Gasteiger partial charge in [0.2, 0.25) is 0 Å². The smallest absolute Gasteiger partial charge is 0.347 e. The predicted octanol–water partition coefficient (Wildman–Crippen LogP) is 3.04. The molecule has 0 aliphatic heterocycles. The minimum Gasteiger partial charge on any atom is -0.477 e. The summed E-state index contributed by atoms with van der Waals surface area (Å²) in [5.74, 6) is -0.906. The Balaban J connectivity index is 2.27. The highest BCUT2D eigenvalue weighted by Crippen LogP contribution is 2.42. The number of carbonyl (C=O) groups is 1. The Bertz CT molecular complexity index is 391. The van der Waals surface area contributed by atoms with Gasteiger partial charge in [-0.1, -0.05) is 19.3 Å². The predicted molar refractivity (Wildman–Crippen MR) is 65.5 cm³/mol. The minimum absolute atomic E-state index is 0.296. The number of rotatable bonds is 4. The van der Waals surface area contributed by atoms with E-state index in [9.17, 15) is 4.79 Å². The second-order valence-electron chi connectivity index (χ2n) is 4.32. The molecule has 1 heterocycles. The van der Waals surface area contributed by atoms with Gasteiger partial charge in [0.05, 0.1) is 6.20 Å². The zero-order valence-corrected chi connectivity index (χ0v) is 10.8. The van der Waals surface area contributed by atoms with Crippen molar-refractivity contribution in [1.82, 2.24) is 4.98 Å². The lowest BCUT2D eigenvalue weighted by atomic mass is 9.85. The zero-order valence-electron chi connectivity index (χ0n) is 9.94. The Morgan fingerprint density at radius 3 is 2.76 bits per heavy atom. The Morgan fingerprint density at radius 1 is 1.53 bits per heavy atom. The van der Waals surface area contributed by atoms with Crippen LogP contribution in [-0.4, -0.2) is 22.7 Å². The number of nitrogens with zero attached hydrogens (tertiary/aromatic N) is 1. The summed E-state index contributed by atoms with van der Waals surface area (Å²) in [5, 5.41) is 9.77. The molecule has 17 heavy (non-hydrogen) atoms. The quantitative estimate of drug-likeness (QED) is 0.898. The highest BCUT2D eigenvalue weighted by atomic mass is 32.1. The van der Waals surface area contributed by atoms with Crippen LogP contribution in [-0.2, 0) is 10.3 Å². The topological polar surface area (TPSA) is 59.4 Å². The van der Waals surface area contributed by atoms with E-state index in [1.165, 1.54) is 24.0 Å². The van der Waals surface area contributed by atoms with Crippen molar-refractivity contribution in [3.63, 3.8) is 0 Å². The number of hydrogen-bond donors (Lipinski definition) is 1. The number of aromatic nitrogens is 1. The summed E-state index contributed by atoms with van der Waals surface area (Å²) in [4.78, 5) is 15.4. The summed E-state index contributed by atoms with van der Waals surface area (Å²) in [6, 6.07) is 0. The number of hydrogen-bond acceptors (Lipinski definition) is 4. The summed E-state index contributed by atoms with van der Waals surface area (Å²) in [6.07, 6.45) is 6.83. The molecule has 94 valence electrons. The van der Waals surface area contributed by atoms with Crippen LogP contribution in [0.3, 0.4) is 0 Å². The fraction of sp³-hybridized carbons (Fsp3) is 0.667. The molecule has 1 N–H and O–H groups in total. The summed E-state index contributed by atoms with van der Waals surface area (Å²) in [6.45, 7) is 2.62. The van der Waals surface area contributed by atoms with Gasteiger partial charge in [-0.25, -0.2) is 9.78 Å². The van der Waals surface area contributed by atoms with E-state index in [-0.39, 0.29) is 5.60 Å². The maximum atomic E-state index is 10.9. The van der Waals surface area contributed by atoms with Crippen LogP contribution in [0.5, 0.6) is 0 Å². The Labute approximate surface area is 105 Å². The van der Waals surface area contributed by atoms with Gasteiger partial charge in [-0.15, -0.1) is 11.3 Å². The molecule has 0 atom stereocenters. The second kappa shape index (κ2) is 5.14. The monoisotopic (exact) mass is 255 g/mol. The molecule has 0 radical (unpaired) electrons. The molecule has 0 saturated heterocycles. The average Bonchev–Trinajstić information content (AvgIpc) is 2.80. The van der Waals surface area contributed by atoms with Crippen LogP contribution in [0.4, 0.5) is 0 Å². The first-order valence-corrected chi connectivity index (χ1v) is 6.83. The molecule has 1 aliphatic rings. The van der Waals surface area contributed by atoms with E-state index >= 15 is 0 Å². The van der Waals surface area contributed by atoms with E-state index in [0.29, 0.717) is 11.5 Å². The third-order valence-electron chi connectivity index (χ3n) is 3.19. The van der Waals surface area contributed by atoms with Crippen molar-refractivity contribution in [1.29, 1.82) is 0 Å². The first-order chi connectivity index (χ1) is 8.18. The van der Waals surface area contributed by atoms with Gasteiger partial charge in [0.25, 0.3) is 0 Å². The molecule has 0 unspecified atom stereocenters. The van der Waals surface area contributed by atoms with Crippen LogP contribution >= 0.6 is 11.3 Å². The largest absolute Gasteiger partial charge is 0.477 e. The third kappa shape index (κ3) is 2.50. The lowest BCUT2D eigenvalue weighted by Crippen LogP contribution is -2.32. The van der Waals surface area contributed by atoms with E-state index in [1.807, 2.05) is 6.92 Å². The minimum atomic E-state index is -0.906. The molecule has 1 fully saturated rings. The highest BCUT2D eigenvalue weighted by molar-refractivity contribution is 7.13. The molecule has 0 amide bonds. The van der Waals surface area contributed by atoms with Crippen molar-refractivity contribution >= 4 is 17.3 Å².